The summed E-state index contributed by atoms with van der Waals surface area (Å²) >= 11 is 0. The highest BCUT2D eigenvalue weighted by atomic mass is 16.5. The lowest BCUT2D eigenvalue weighted by molar-refractivity contribution is 0.0520. The quantitative estimate of drug-likeness (QED) is 0.808. The number of esters is 1. The molecule has 6 nitrogen and oxygen atoms in total. The van der Waals surface area contributed by atoms with Gasteiger partial charge in [0.2, 0.25) is 0 Å². The molecule has 0 amide bonds. The van der Waals surface area contributed by atoms with Crippen molar-refractivity contribution >= 4 is 11.8 Å². The number of carbonyl (C=O) groups excluding carboxylic acids is 1. The number of hydrogen-bond donors (Lipinski definition) is 2. The number of rotatable bonds is 3. The van der Waals surface area contributed by atoms with E-state index in [9.17, 15) is 9.90 Å². The molecule has 2 unspecified atom stereocenters. The highest BCUT2D eigenvalue weighted by molar-refractivity contribution is 5.92. The van der Waals surface area contributed by atoms with E-state index in [1.165, 1.54) is 0 Å². The van der Waals surface area contributed by atoms with Crippen LogP contribution in [-0.2, 0) is 4.74 Å². The molecule has 1 saturated carbocycles. The first-order chi connectivity index (χ1) is 9.06. The molecule has 0 saturated heterocycles. The van der Waals surface area contributed by atoms with Crippen LogP contribution in [-0.4, -0.2) is 33.3 Å². The number of nitrogen functional groups attached to an aromatic ring is 1. The molecule has 0 radical (unpaired) electrons. The third-order valence-electron chi connectivity index (χ3n) is 3.62. The molecule has 2 rings (SSSR count). The molecular weight excluding hydrogens is 246 g/mol. The first-order valence-corrected chi connectivity index (χ1v) is 6.75. The predicted octanol–water partition coefficient (Wildman–Crippen LogP) is 1.43. The van der Waals surface area contributed by atoms with E-state index < -0.39 is 12.1 Å². The van der Waals surface area contributed by atoms with Gasteiger partial charge in [-0.3, -0.25) is 0 Å². The molecule has 1 heterocycles. The number of aryl methyl sites for hydroxylation is 1. The van der Waals surface area contributed by atoms with E-state index >= 15 is 0 Å². The minimum absolute atomic E-state index is 0.0931. The average molecular weight is 267 g/mol. The molecule has 0 spiro atoms. The van der Waals surface area contributed by atoms with Crippen molar-refractivity contribution in [3.8, 4) is 0 Å². The van der Waals surface area contributed by atoms with Gasteiger partial charge in [0.25, 0.3) is 0 Å². The van der Waals surface area contributed by atoms with Crippen molar-refractivity contribution < 1.29 is 14.6 Å². The second-order valence-corrected chi connectivity index (χ2v) is 4.90. The van der Waals surface area contributed by atoms with E-state index in [1.54, 1.807) is 18.4 Å². The standard InChI is InChI=1S/C13H21N3O3/c1-3-19-13(18)11-12(14)16(8(2)15-11)9-6-4-5-7-10(9)17/h9-10,17H,3-7,14H2,1-2H3. The van der Waals surface area contributed by atoms with Crippen LogP contribution in [0.2, 0.25) is 0 Å². The Morgan fingerprint density at radius 1 is 1.53 bits per heavy atom. The van der Waals surface area contributed by atoms with Crippen molar-refractivity contribution in [1.29, 1.82) is 0 Å². The summed E-state index contributed by atoms with van der Waals surface area (Å²) in [7, 11) is 0. The summed E-state index contributed by atoms with van der Waals surface area (Å²) in [5.74, 6) is 0.431. The van der Waals surface area contributed by atoms with Crippen LogP contribution in [0.15, 0.2) is 0 Å². The van der Waals surface area contributed by atoms with Gasteiger partial charge in [0.05, 0.1) is 18.8 Å². The van der Waals surface area contributed by atoms with Crippen LogP contribution in [0.3, 0.4) is 0 Å². The minimum atomic E-state index is -0.507. The summed E-state index contributed by atoms with van der Waals surface area (Å²) in [4.78, 5) is 15.9. The molecule has 106 valence electrons. The Labute approximate surface area is 112 Å². The molecule has 1 aliphatic carbocycles. The largest absolute Gasteiger partial charge is 0.461 e. The van der Waals surface area contributed by atoms with Crippen LogP contribution < -0.4 is 5.73 Å². The molecule has 2 atom stereocenters. The van der Waals surface area contributed by atoms with Gasteiger partial charge < -0.3 is 20.1 Å². The Kier molecular flexibility index (Phi) is 4.09. The van der Waals surface area contributed by atoms with Crippen LogP contribution in [0.4, 0.5) is 5.82 Å². The van der Waals surface area contributed by atoms with Crippen LogP contribution >= 0.6 is 0 Å². The lowest BCUT2D eigenvalue weighted by atomic mass is 9.92. The fourth-order valence-corrected chi connectivity index (χ4v) is 2.72. The molecule has 1 aromatic heterocycles. The van der Waals surface area contributed by atoms with Crippen LogP contribution in [0.1, 0.15) is 55.0 Å². The van der Waals surface area contributed by atoms with Gasteiger partial charge in [-0.25, -0.2) is 9.78 Å². The first kappa shape index (κ1) is 13.9. The Balaban J connectivity index is 2.33. The molecule has 1 aliphatic rings. The first-order valence-electron chi connectivity index (χ1n) is 6.75. The smallest absolute Gasteiger partial charge is 0.360 e. The summed E-state index contributed by atoms with van der Waals surface area (Å²) < 4.78 is 6.71. The second-order valence-electron chi connectivity index (χ2n) is 4.90. The number of carbonyl (C=O) groups is 1. The molecular formula is C13H21N3O3. The number of imidazole rings is 1. The lowest BCUT2D eigenvalue weighted by Gasteiger charge is -2.30. The zero-order valence-corrected chi connectivity index (χ0v) is 11.4. The number of nitrogens with two attached hydrogens (primary N) is 1. The number of nitrogens with zero attached hydrogens (tertiary/aromatic N) is 2. The zero-order valence-electron chi connectivity index (χ0n) is 11.4. The van der Waals surface area contributed by atoms with E-state index in [4.69, 9.17) is 10.5 Å². The highest BCUT2D eigenvalue weighted by Crippen LogP contribution is 2.32. The van der Waals surface area contributed by atoms with Crippen molar-refractivity contribution in [2.75, 3.05) is 12.3 Å². The van der Waals surface area contributed by atoms with Crippen molar-refractivity contribution in [3.63, 3.8) is 0 Å². The molecule has 1 fully saturated rings. The fraction of sp³-hybridized carbons (Fsp3) is 0.692. The summed E-state index contributed by atoms with van der Waals surface area (Å²) in [5.41, 5.74) is 6.17. The summed E-state index contributed by atoms with van der Waals surface area (Å²) in [6.45, 7) is 3.82. The van der Waals surface area contributed by atoms with Gasteiger partial charge in [-0.15, -0.1) is 0 Å². The fourth-order valence-electron chi connectivity index (χ4n) is 2.72. The van der Waals surface area contributed by atoms with Crippen LogP contribution in [0.25, 0.3) is 0 Å². The molecule has 19 heavy (non-hydrogen) atoms. The zero-order chi connectivity index (χ0) is 14.0. The second kappa shape index (κ2) is 5.61. The predicted molar refractivity (Wildman–Crippen MR) is 70.8 cm³/mol. The summed E-state index contributed by atoms with van der Waals surface area (Å²) in [6, 6.07) is -0.0931. The van der Waals surface area contributed by atoms with Crippen LogP contribution in [0, 0.1) is 6.92 Å². The van der Waals surface area contributed by atoms with E-state index in [2.05, 4.69) is 4.98 Å². The Morgan fingerprint density at radius 2 is 2.21 bits per heavy atom. The van der Waals surface area contributed by atoms with Crippen molar-refractivity contribution in [3.05, 3.63) is 11.5 Å². The number of aliphatic hydroxyl groups is 1. The molecule has 6 heteroatoms. The number of anilines is 1. The van der Waals surface area contributed by atoms with Gasteiger partial charge >= 0.3 is 5.97 Å². The maximum atomic E-state index is 11.8. The van der Waals surface area contributed by atoms with E-state index in [1.807, 2.05) is 0 Å². The Bertz CT molecular complexity index is 470. The summed E-state index contributed by atoms with van der Waals surface area (Å²) in [5, 5.41) is 10.1. The third kappa shape index (κ3) is 2.58. The monoisotopic (exact) mass is 267 g/mol. The van der Waals surface area contributed by atoms with Crippen molar-refractivity contribution in [2.24, 2.45) is 0 Å². The normalized spacial score (nSPS) is 23.3. The SMILES string of the molecule is CCOC(=O)c1nc(C)n(C2CCCCC2O)c1N. The lowest BCUT2D eigenvalue weighted by Crippen LogP contribution is -2.29. The molecule has 3 N–H and O–H groups in total. The van der Waals surface area contributed by atoms with E-state index in [0.29, 0.717) is 11.6 Å². The van der Waals surface area contributed by atoms with Crippen molar-refractivity contribution in [2.45, 2.75) is 51.7 Å². The number of hydrogen-bond acceptors (Lipinski definition) is 5. The number of ether oxygens (including phenoxy) is 1. The third-order valence-corrected chi connectivity index (χ3v) is 3.62. The molecule has 0 aromatic carbocycles. The van der Waals surface area contributed by atoms with Crippen molar-refractivity contribution in [1.82, 2.24) is 9.55 Å². The topological polar surface area (TPSA) is 90.4 Å². The van der Waals surface area contributed by atoms with Gasteiger partial charge in [0.1, 0.15) is 11.6 Å². The maximum absolute atomic E-state index is 11.8. The van der Waals surface area contributed by atoms with Gasteiger partial charge in [0.15, 0.2) is 5.69 Å². The van der Waals surface area contributed by atoms with Gasteiger partial charge in [-0.1, -0.05) is 12.8 Å². The molecule has 0 bridgehead atoms. The number of aliphatic hydroxyl groups excluding tert-OH is 1. The highest BCUT2D eigenvalue weighted by Gasteiger charge is 2.30. The Hall–Kier alpha value is -1.56. The maximum Gasteiger partial charge on any atom is 0.360 e. The van der Waals surface area contributed by atoms with Gasteiger partial charge in [-0.05, 0) is 26.7 Å². The average Bonchev–Trinajstić information content (AvgIpc) is 2.66. The molecule has 1 aromatic rings. The van der Waals surface area contributed by atoms with Gasteiger partial charge in [-0.2, -0.15) is 0 Å². The van der Waals surface area contributed by atoms with Gasteiger partial charge in [0, 0.05) is 0 Å². The number of aromatic nitrogens is 2. The van der Waals surface area contributed by atoms with E-state index in [0.717, 1.165) is 25.7 Å². The Morgan fingerprint density at radius 3 is 2.84 bits per heavy atom. The van der Waals surface area contributed by atoms with Crippen LogP contribution in [0.5, 0.6) is 0 Å². The summed E-state index contributed by atoms with van der Waals surface area (Å²) in [6.07, 6.45) is 3.25. The minimum Gasteiger partial charge on any atom is -0.461 e. The molecule has 0 aliphatic heterocycles. The van der Waals surface area contributed by atoms with E-state index in [-0.39, 0.29) is 18.3 Å².